The summed E-state index contributed by atoms with van der Waals surface area (Å²) in [6.45, 7) is 0.470. The normalized spacial score (nSPS) is 11.4. The first-order valence-corrected chi connectivity index (χ1v) is 6.10. The third-order valence-electron chi connectivity index (χ3n) is 2.66. The predicted molar refractivity (Wildman–Crippen MR) is 73.6 cm³/mol. The van der Waals surface area contributed by atoms with E-state index in [0.29, 0.717) is 11.6 Å². The van der Waals surface area contributed by atoms with Crippen LogP contribution in [0.2, 0.25) is 5.02 Å². The van der Waals surface area contributed by atoms with Gasteiger partial charge in [0.2, 0.25) is 0 Å². The number of fused-ring (bicyclic) bond motifs is 1. The number of benzene rings is 1. The van der Waals surface area contributed by atoms with Crippen molar-refractivity contribution in [2.75, 3.05) is 0 Å². The van der Waals surface area contributed by atoms with E-state index in [0.717, 1.165) is 22.3 Å². The van der Waals surface area contributed by atoms with Gasteiger partial charge in [-0.2, -0.15) is 10.2 Å². The highest BCUT2D eigenvalue weighted by Crippen LogP contribution is 2.26. The summed E-state index contributed by atoms with van der Waals surface area (Å²) < 4.78 is 0. The minimum Gasteiger partial charge on any atom is -0.347 e. The number of nitrogens with one attached hydrogen (secondary N) is 1. The third kappa shape index (κ3) is 2.61. The molecule has 0 saturated heterocycles. The van der Waals surface area contributed by atoms with Crippen LogP contribution >= 0.6 is 11.6 Å². The molecule has 0 unspecified atom stereocenters. The first kappa shape index (κ1) is 11.8. The lowest BCUT2D eigenvalue weighted by Crippen LogP contribution is -1.80. The molecule has 0 saturated carbocycles. The Balaban J connectivity index is 1.90. The van der Waals surface area contributed by atoms with Crippen LogP contribution in [-0.2, 0) is 6.54 Å². The SMILES string of the molecule is Clc1ccc2c(N=NCc3cnc[nH]3)ccnc2c1. The summed E-state index contributed by atoms with van der Waals surface area (Å²) in [4.78, 5) is 11.2. The minimum atomic E-state index is 0.470. The Bertz CT molecular complexity index is 721. The van der Waals surface area contributed by atoms with Gasteiger partial charge in [0.05, 0.1) is 23.2 Å². The molecule has 2 heterocycles. The van der Waals surface area contributed by atoms with Crippen LogP contribution in [0.1, 0.15) is 5.69 Å². The number of imidazole rings is 1. The molecule has 0 aliphatic heterocycles. The van der Waals surface area contributed by atoms with Gasteiger partial charge >= 0.3 is 0 Å². The Labute approximate surface area is 114 Å². The molecule has 1 N–H and O–H groups in total. The monoisotopic (exact) mass is 271 g/mol. The van der Waals surface area contributed by atoms with Crippen molar-refractivity contribution < 1.29 is 0 Å². The second kappa shape index (κ2) is 5.16. The molecule has 0 aliphatic rings. The molecule has 94 valence electrons. The zero-order valence-corrected chi connectivity index (χ0v) is 10.7. The molecule has 3 aromatic rings. The number of azo groups is 1. The average Bonchev–Trinajstić information content (AvgIpc) is 2.92. The maximum atomic E-state index is 5.94. The summed E-state index contributed by atoms with van der Waals surface area (Å²) in [6, 6.07) is 7.35. The summed E-state index contributed by atoms with van der Waals surface area (Å²) in [5.41, 5.74) is 2.51. The fourth-order valence-corrected chi connectivity index (χ4v) is 1.92. The highest BCUT2D eigenvalue weighted by atomic mass is 35.5. The van der Waals surface area contributed by atoms with Crippen molar-refractivity contribution in [1.82, 2.24) is 15.0 Å². The van der Waals surface area contributed by atoms with Crippen LogP contribution in [-0.4, -0.2) is 15.0 Å². The van der Waals surface area contributed by atoms with Crippen LogP contribution in [0.5, 0.6) is 0 Å². The molecular weight excluding hydrogens is 262 g/mol. The maximum Gasteiger partial charge on any atom is 0.102 e. The lowest BCUT2D eigenvalue weighted by atomic mass is 10.2. The van der Waals surface area contributed by atoms with Gasteiger partial charge in [0.25, 0.3) is 0 Å². The number of nitrogens with zero attached hydrogens (tertiary/aromatic N) is 4. The third-order valence-corrected chi connectivity index (χ3v) is 2.89. The van der Waals surface area contributed by atoms with Crippen LogP contribution in [0.25, 0.3) is 10.9 Å². The van der Waals surface area contributed by atoms with Gasteiger partial charge in [-0.25, -0.2) is 4.98 Å². The lowest BCUT2D eigenvalue weighted by molar-refractivity contribution is 0.927. The molecule has 0 atom stereocenters. The van der Waals surface area contributed by atoms with Crippen molar-refractivity contribution in [2.45, 2.75) is 6.54 Å². The Morgan fingerprint density at radius 2 is 2.21 bits per heavy atom. The van der Waals surface area contributed by atoms with Crippen LogP contribution < -0.4 is 0 Å². The van der Waals surface area contributed by atoms with Crippen molar-refractivity contribution in [1.29, 1.82) is 0 Å². The molecule has 6 heteroatoms. The predicted octanol–water partition coefficient (Wildman–Crippen LogP) is 3.90. The van der Waals surface area contributed by atoms with Crippen LogP contribution in [0.15, 0.2) is 53.2 Å². The van der Waals surface area contributed by atoms with E-state index in [1.54, 1.807) is 18.7 Å². The molecule has 19 heavy (non-hydrogen) atoms. The van der Waals surface area contributed by atoms with E-state index in [1.165, 1.54) is 0 Å². The van der Waals surface area contributed by atoms with Gasteiger partial charge in [0, 0.05) is 22.8 Å². The lowest BCUT2D eigenvalue weighted by Gasteiger charge is -2.00. The summed E-state index contributed by atoms with van der Waals surface area (Å²) in [7, 11) is 0. The number of aromatic nitrogens is 3. The van der Waals surface area contributed by atoms with Gasteiger partial charge in [-0.3, -0.25) is 4.98 Å². The van der Waals surface area contributed by atoms with E-state index < -0.39 is 0 Å². The first-order valence-electron chi connectivity index (χ1n) is 5.72. The molecule has 0 fully saturated rings. The van der Waals surface area contributed by atoms with Crippen LogP contribution in [0, 0.1) is 0 Å². The highest BCUT2D eigenvalue weighted by molar-refractivity contribution is 6.31. The minimum absolute atomic E-state index is 0.470. The zero-order chi connectivity index (χ0) is 13.1. The average molecular weight is 272 g/mol. The van der Waals surface area contributed by atoms with E-state index in [2.05, 4.69) is 25.2 Å². The van der Waals surface area contributed by atoms with Crippen molar-refractivity contribution in [3.8, 4) is 0 Å². The number of aromatic amines is 1. The number of hydrogen-bond donors (Lipinski definition) is 1. The number of H-pyrrole nitrogens is 1. The Hall–Kier alpha value is -2.27. The van der Waals surface area contributed by atoms with E-state index in [1.807, 2.05) is 24.3 Å². The number of hydrogen-bond acceptors (Lipinski definition) is 4. The standard InChI is InChI=1S/C13H10ClN5/c14-9-1-2-11-12(3-4-16-13(11)5-9)19-18-7-10-6-15-8-17-10/h1-6,8H,7H2,(H,15,17). The summed E-state index contributed by atoms with van der Waals surface area (Å²) in [5, 5.41) is 9.97. The molecule has 3 rings (SSSR count). The fraction of sp³-hybridized carbons (Fsp3) is 0.0769. The van der Waals surface area contributed by atoms with E-state index in [9.17, 15) is 0 Å². The molecule has 0 aliphatic carbocycles. The fourth-order valence-electron chi connectivity index (χ4n) is 1.75. The molecule has 1 aromatic carbocycles. The summed E-state index contributed by atoms with van der Waals surface area (Å²) in [6.07, 6.45) is 5.04. The molecule has 0 bridgehead atoms. The molecular formula is C13H10ClN5. The van der Waals surface area contributed by atoms with Crippen molar-refractivity contribution in [3.63, 3.8) is 0 Å². The number of rotatable bonds is 3. The Morgan fingerprint density at radius 3 is 3.05 bits per heavy atom. The van der Waals surface area contributed by atoms with Gasteiger partial charge in [-0.05, 0) is 24.3 Å². The van der Waals surface area contributed by atoms with Gasteiger partial charge < -0.3 is 4.98 Å². The van der Waals surface area contributed by atoms with Crippen molar-refractivity contribution >= 4 is 28.2 Å². The molecule has 0 amide bonds. The van der Waals surface area contributed by atoms with Gasteiger partial charge in [-0.15, -0.1) is 0 Å². The molecule has 0 radical (unpaired) electrons. The topological polar surface area (TPSA) is 66.3 Å². The Kier molecular flexibility index (Phi) is 3.20. The van der Waals surface area contributed by atoms with E-state index in [4.69, 9.17) is 11.6 Å². The molecule has 0 spiro atoms. The van der Waals surface area contributed by atoms with Crippen LogP contribution in [0.3, 0.4) is 0 Å². The van der Waals surface area contributed by atoms with E-state index >= 15 is 0 Å². The van der Waals surface area contributed by atoms with Gasteiger partial charge in [0.15, 0.2) is 0 Å². The van der Waals surface area contributed by atoms with Crippen molar-refractivity contribution in [3.05, 3.63) is 53.7 Å². The quantitative estimate of drug-likeness (QED) is 0.734. The molecule has 2 aromatic heterocycles. The molecule has 5 nitrogen and oxygen atoms in total. The smallest absolute Gasteiger partial charge is 0.102 e. The second-order valence-corrected chi connectivity index (χ2v) is 4.40. The number of pyridine rings is 1. The Morgan fingerprint density at radius 1 is 1.26 bits per heavy atom. The summed E-state index contributed by atoms with van der Waals surface area (Å²) in [5.74, 6) is 0. The largest absolute Gasteiger partial charge is 0.347 e. The van der Waals surface area contributed by atoms with Gasteiger partial charge in [0.1, 0.15) is 6.54 Å². The summed E-state index contributed by atoms with van der Waals surface area (Å²) >= 11 is 5.94. The zero-order valence-electron chi connectivity index (χ0n) is 9.92. The van der Waals surface area contributed by atoms with Crippen molar-refractivity contribution in [2.24, 2.45) is 10.2 Å². The van der Waals surface area contributed by atoms with Crippen LogP contribution in [0.4, 0.5) is 5.69 Å². The maximum absolute atomic E-state index is 5.94. The second-order valence-electron chi connectivity index (χ2n) is 3.97. The van der Waals surface area contributed by atoms with E-state index in [-0.39, 0.29) is 0 Å². The first-order chi connectivity index (χ1) is 9.33. The highest BCUT2D eigenvalue weighted by Gasteiger charge is 2.01. The van der Waals surface area contributed by atoms with Gasteiger partial charge in [-0.1, -0.05) is 11.6 Å². The number of halogens is 1.